The average molecular weight is 397 g/mol. The van der Waals surface area contributed by atoms with Gasteiger partial charge in [-0.2, -0.15) is 4.31 Å². The van der Waals surface area contributed by atoms with Gasteiger partial charge in [0.15, 0.2) is 4.90 Å². The molecule has 0 bridgehead atoms. The van der Waals surface area contributed by atoms with Crippen molar-refractivity contribution in [1.82, 2.24) is 14.5 Å². The molecule has 26 heavy (non-hydrogen) atoms. The number of sulfonamides is 1. The van der Waals surface area contributed by atoms with Gasteiger partial charge in [0, 0.05) is 38.2 Å². The normalized spacial score (nSPS) is 16.2. The van der Waals surface area contributed by atoms with Crippen LogP contribution in [0.4, 0.5) is 10.8 Å². The Hall–Kier alpha value is -2.11. The number of anilines is 1. The van der Waals surface area contributed by atoms with Crippen molar-refractivity contribution >= 4 is 32.2 Å². The highest BCUT2D eigenvalue weighted by Crippen LogP contribution is 2.29. The Morgan fingerprint density at radius 1 is 1.15 bits per heavy atom. The van der Waals surface area contributed by atoms with Crippen LogP contribution in [0, 0.1) is 10.1 Å². The maximum atomic E-state index is 12.8. The number of nitrogens with zero attached hydrogens (tertiary/aromatic N) is 5. The van der Waals surface area contributed by atoms with Crippen molar-refractivity contribution in [3.05, 3.63) is 39.4 Å². The van der Waals surface area contributed by atoms with Crippen LogP contribution < -0.4 is 4.90 Å². The van der Waals surface area contributed by atoms with Crippen LogP contribution in [0.5, 0.6) is 0 Å². The summed E-state index contributed by atoms with van der Waals surface area (Å²) in [6.45, 7) is 5.50. The van der Waals surface area contributed by atoms with Crippen LogP contribution in [-0.4, -0.2) is 54.0 Å². The summed E-state index contributed by atoms with van der Waals surface area (Å²) < 4.78 is 26.9. The zero-order chi connectivity index (χ0) is 18.9. The van der Waals surface area contributed by atoms with Crippen molar-refractivity contribution in [1.29, 1.82) is 0 Å². The summed E-state index contributed by atoms with van der Waals surface area (Å²) in [4.78, 5) is 12.2. The molecule has 1 aliphatic heterocycles. The van der Waals surface area contributed by atoms with Crippen molar-refractivity contribution in [2.45, 2.75) is 24.7 Å². The molecule has 1 aliphatic rings. The number of rotatable bonds is 5. The minimum absolute atomic E-state index is 0.241. The van der Waals surface area contributed by atoms with Crippen LogP contribution in [0.2, 0.25) is 0 Å². The Balaban J connectivity index is 1.76. The van der Waals surface area contributed by atoms with Crippen LogP contribution in [0.25, 0.3) is 0 Å². The lowest BCUT2D eigenvalue weighted by Crippen LogP contribution is -2.48. The number of nitro groups is 1. The molecule has 2 heterocycles. The van der Waals surface area contributed by atoms with Gasteiger partial charge in [-0.05, 0) is 6.07 Å². The van der Waals surface area contributed by atoms with Gasteiger partial charge in [0.05, 0.1) is 4.92 Å². The highest BCUT2D eigenvalue weighted by atomic mass is 32.2. The number of nitro benzene ring substituents is 1. The third kappa shape index (κ3) is 3.55. The summed E-state index contributed by atoms with van der Waals surface area (Å²) in [7, 11) is -3.92. The molecule has 140 valence electrons. The molecule has 9 nitrogen and oxygen atoms in total. The van der Waals surface area contributed by atoms with Crippen LogP contribution in [0.3, 0.4) is 0 Å². The molecule has 0 amide bonds. The summed E-state index contributed by atoms with van der Waals surface area (Å²) in [5, 5.41) is 21.2. The predicted molar refractivity (Wildman–Crippen MR) is 98.1 cm³/mol. The van der Waals surface area contributed by atoms with Crippen LogP contribution >= 0.6 is 11.3 Å². The molecule has 0 spiro atoms. The van der Waals surface area contributed by atoms with E-state index in [4.69, 9.17) is 0 Å². The predicted octanol–water partition coefficient (Wildman–Crippen LogP) is 2.08. The minimum atomic E-state index is -3.92. The third-order valence-corrected chi connectivity index (χ3v) is 7.34. The van der Waals surface area contributed by atoms with Gasteiger partial charge in [-0.3, -0.25) is 10.1 Å². The molecule has 2 aromatic rings. The van der Waals surface area contributed by atoms with Crippen LogP contribution in [-0.2, 0) is 10.0 Å². The summed E-state index contributed by atoms with van der Waals surface area (Å²) in [6.07, 6.45) is 0. The van der Waals surface area contributed by atoms with E-state index < -0.39 is 20.6 Å². The van der Waals surface area contributed by atoms with Crippen molar-refractivity contribution in [2.24, 2.45) is 0 Å². The Morgan fingerprint density at radius 2 is 1.81 bits per heavy atom. The molecular weight excluding hydrogens is 378 g/mol. The van der Waals surface area contributed by atoms with Gasteiger partial charge in [-0.15, -0.1) is 10.2 Å². The van der Waals surface area contributed by atoms with Gasteiger partial charge in [-0.1, -0.05) is 37.3 Å². The first-order valence-corrected chi connectivity index (χ1v) is 10.4. The quantitative estimate of drug-likeness (QED) is 0.561. The van der Waals surface area contributed by atoms with Crippen molar-refractivity contribution in [3.8, 4) is 0 Å². The second kappa shape index (κ2) is 7.25. The first-order chi connectivity index (χ1) is 12.3. The summed E-state index contributed by atoms with van der Waals surface area (Å²) in [6, 6.07) is 5.43. The largest absolute Gasteiger partial charge is 0.344 e. The lowest BCUT2D eigenvalue weighted by Gasteiger charge is -2.33. The maximum absolute atomic E-state index is 12.8. The molecule has 11 heteroatoms. The topological polar surface area (TPSA) is 110 Å². The number of para-hydroxylation sites is 1. The highest BCUT2D eigenvalue weighted by Gasteiger charge is 2.34. The van der Waals surface area contributed by atoms with Gasteiger partial charge >= 0.3 is 0 Å². The Labute approximate surface area is 155 Å². The SMILES string of the molecule is CC(C)c1nnc(N2CCN(S(=O)(=O)c3ccccc3[N+](=O)[O-])CC2)s1. The second-order valence-corrected chi connectivity index (χ2v) is 9.09. The molecule has 0 radical (unpaired) electrons. The van der Waals surface area contributed by atoms with E-state index in [1.807, 2.05) is 18.7 Å². The Bertz CT molecular complexity index is 904. The monoisotopic (exact) mass is 397 g/mol. The van der Waals surface area contributed by atoms with Gasteiger partial charge in [0.25, 0.3) is 5.69 Å². The molecule has 1 aromatic carbocycles. The van der Waals surface area contributed by atoms with Crippen molar-refractivity contribution in [2.75, 3.05) is 31.1 Å². The molecule has 3 rings (SSSR count). The molecule has 0 aliphatic carbocycles. The van der Waals surface area contributed by atoms with E-state index in [2.05, 4.69) is 10.2 Å². The fraction of sp³-hybridized carbons (Fsp3) is 0.467. The molecule has 0 unspecified atom stereocenters. The number of hydrogen-bond donors (Lipinski definition) is 0. The third-order valence-electron chi connectivity index (χ3n) is 4.11. The Kier molecular flexibility index (Phi) is 5.21. The molecule has 1 fully saturated rings. The summed E-state index contributed by atoms with van der Waals surface area (Å²) in [5.41, 5.74) is -0.402. The standard InChI is InChI=1S/C15H19N5O4S2/c1-11(2)14-16-17-15(25-14)18-7-9-19(10-8-18)26(23,24)13-6-4-3-5-12(13)20(21)22/h3-6,11H,7-10H2,1-2H3. The fourth-order valence-corrected chi connectivity index (χ4v) is 5.15. The Morgan fingerprint density at radius 3 is 2.38 bits per heavy atom. The lowest BCUT2D eigenvalue weighted by molar-refractivity contribution is -0.387. The van der Waals surface area contributed by atoms with E-state index in [0.29, 0.717) is 19.0 Å². The number of benzene rings is 1. The average Bonchev–Trinajstić information content (AvgIpc) is 3.12. The van der Waals surface area contributed by atoms with Gasteiger partial charge < -0.3 is 4.90 Å². The van der Waals surface area contributed by atoms with E-state index in [1.54, 1.807) is 0 Å². The number of aromatic nitrogens is 2. The molecule has 0 saturated carbocycles. The smallest absolute Gasteiger partial charge is 0.289 e. The number of hydrogen-bond acceptors (Lipinski definition) is 8. The fourth-order valence-electron chi connectivity index (χ4n) is 2.67. The van der Waals surface area contributed by atoms with Gasteiger partial charge in [0.1, 0.15) is 5.01 Å². The van der Waals surface area contributed by atoms with Crippen molar-refractivity contribution in [3.63, 3.8) is 0 Å². The zero-order valence-electron chi connectivity index (χ0n) is 14.4. The van der Waals surface area contributed by atoms with E-state index in [9.17, 15) is 18.5 Å². The molecule has 0 atom stereocenters. The van der Waals surface area contributed by atoms with E-state index in [1.165, 1.54) is 39.9 Å². The summed E-state index contributed by atoms with van der Waals surface area (Å²) in [5.74, 6) is 0.293. The molecular formula is C15H19N5O4S2. The van der Waals surface area contributed by atoms with E-state index in [0.717, 1.165) is 10.1 Å². The van der Waals surface area contributed by atoms with Crippen molar-refractivity contribution < 1.29 is 13.3 Å². The molecule has 1 saturated heterocycles. The number of piperazine rings is 1. The van der Waals surface area contributed by atoms with E-state index >= 15 is 0 Å². The van der Waals surface area contributed by atoms with Gasteiger partial charge in [0.2, 0.25) is 15.2 Å². The lowest BCUT2D eigenvalue weighted by atomic mass is 10.2. The van der Waals surface area contributed by atoms with Gasteiger partial charge in [-0.25, -0.2) is 8.42 Å². The first-order valence-electron chi connectivity index (χ1n) is 8.12. The molecule has 1 aromatic heterocycles. The maximum Gasteiger partial charge on any atom is 0.289 e. The highest BCUT2D eigenvalue weighted by molar-refractivity contribution is 7.89. The van der Waals surface area contributed by atoms with E-state index in [-0.39, 0.29) is 18.0 Å². The minimum Gasteiger partial charge on any atom is -0.344 e. The van der Waals surface area contributed by atoms with Crippen LogP contribution in [0.15, 0.2) is 29.2 Å². The van der Waals surface area contributed by atoms with Crippen LogP contribution in [0.1, 0.15) is 24.8 Å². The zero-order valence-corrected chi connectivity index (χ0v) is 16.0. The first kappa shape index (κ1) is 18.7. The molecule has 0 N–H and O–H groups in total. The second-order valence-electron chi connectivity index (χ2n) is 6.19. The summed E-state index contributed by atoms with van der Waals surface area (Å²) >= 11 is 1.51.